The number of anilines is 1. The fourth-order valence-electron chi connectivity index (χ4n) is 4.80. The number of halogens is 4. The molecule has 3 atom stereocenters. The Morgan fingerprint density at radius 3 is 2.27 bits per heavy atom. The number of hydrogen-bond acceptors (Lipinski definition) is 6. The van der Waals surface area contributed by atoms with Crippen molar-refractivity contribution in [3.05, 3.63) is 93.2 Å². The molecule has 14 heteroatoms. The number of aromatic nitrogens is 1. The number of pyridine rings is 1. The predicted octanol–water partition coefficient (Wildman–Crippen LogP) is 4.38. The van der Waals surface area contributed by atoms with Crippen molar-refractivity contribution in [2.45, 2.75) is 38.6 Å². The van der Waals surface area contributed by atoms with Crippen LogP contribution in [0, 0.1) is 24.4 Å². The van der Waals surface area contributed by atoms with Gasteiger partial charge >= 0.3 is 0 Å². The van der Waals surface area contributed by atoms with E-state index in [1.54, 1.807) is 26.1 Å². The molecule has 3 aromatic rings. The number of benzene rings is 2. The number of ether oxygens (including phenoxy) is 1. The van der Waals surface area contributed by atoms with Crippen LogP contribution in [0.4, 0.5) is 23.2 Å². The first-order valence-electron chi connectivity index (χ1n) is 13.9. The van der Waals surface area contributed by atoms with Crippen LogP contribution in [0.2, 0.25) is 0 Å². The van der Waals surface area contributed by atoms with Gasteiger partial charge in [0.15, 0.2) is 6.86 Å². The molecular weight excluding hydrogens is 618 g/mol. The number of carbonyl (C=O) groups is 2. The maximum Gasteiger partial charge on any atom is 0.275 e. The summed E-state index contributed by atoms with van der Waals surface area (Å²) in [6.45, 7) is 2.16. The van der Waals surface area contributed by atoms with Crippen LogP contribution in [0.25, 0.3) is 0 Å². The molecule has 4 rings (SSSR count). The first kappa shape index (κ1) is 37.1. The summed E-state index contributed by atoms with van der Waals surface area (Å²) in [4.78, 5) is 37.3. The zero-order valence-corrected chi connectivity index (χ0v) is 26.2. The van der Waals surface area contributed by atoms with E-state index in [2.05, 4.69) is 5.32 Å². The third-order valence-electron chi connectivity index (χ3n) is 7.10. The summed E-state index contributed by atoms with van der Waals surface area (Å²) in [5.74, 6) is -1.73. The Bertz CT molecular complexity index is 1500. The second kappa shape index (κ2) is 18.1. The van der Waals surface area contributed by atoms with Gasteiger partial charge in [0.2, 0.25) is 6.41 Å². The number of carbonyl (C=O) groups excluding carboxylic acids is 2. The average Bonchev–Trinajstić information content (AvgIpc) is 3.45. The SMILES string of the molecule is CCC(CN(C=O)c1c(C)ccn(C2CCS(=O)C2)c1=O)c1c(F)cc(OC)cc1F.CNC(=O)c1ccc(F)cc1.OCF. The fraction of sp³-hybridized carbons (Fsp3) is 0.387. The monoisotopic (exact) mass is 655 g/mol. The Morgan fingerprint density at radius 1 is 1.20 bits per heavy atom. The standard InChI is InChI=1S/C22H26F2N2O4S.C8H8FNO.CH3FO/c1-4-15(20-18(23)9-17(30-3)10-19(20)24)11-25(13-27)21-14(2)5-7-26(22(21)28)16-6-8-31(29)12-16;1-10-8(11)6-2-4-7(9)5-3-6;2-1-3/h5,7,9-10,13,15-16H,4,6,8,11-12H2,1-3H3;2-5H,1H3,(H,10,11);3H,1H2. The molecule has 3 unspecified atom stereocenters. The molecule has 2 amide bonds. The average molecular weight is 656 g/mol. The van der Waals surface area contributed by atoms with Crippen LogP contribution < -0.4 is 20.5 Å². The predicted molar refractivity (Wildman–Crippen MR) is 164 cm³/mol. The zero-order chi connectivity index (χ0) is 33.7. The number of nitrogens with zero attached hydrogens (tertiary/aromatic N) is 2. The molecule has 0 spiro atoms. The van der Waals surface area contributed by atoms with Gasteiger partial charge in [0.25, 0.3) is 11.5 Å². The van der Waals surface area contributed by atoms with Gasteiger partial charge in [-0.1, -0.05) is 6.92 Å². The van der Waals surface area contributed by atoms with E-state index in [9.17, 15) is 36.2 Å². The highest BCUT2D eigenvalue weighted by Crippen LogP contribution is 2.31. The van der Waals surface area contributed by atoms with Gasteiger partial charge in [-0.3, -0.25) is 18.6 Å². The molecule has 1 fully saturated rings. The van der Waals surface area contributed by atoms with Crippen molar-refractivity contribution in [3.63, 3.8) is 0 Å². The van der Waals surface area contributed by atoms with Gasteiger partial charge in [-0.15, -0.1) is 0 Å². The number of methoxy groups -OCH3 is 1. The molecule has 2 heterocycles. The maximum atomic E-state index is 14.6. The minimum atomic E-state index is -1.25. The number of alkyl halides is 1. The van der Waals surface area contributed by atoms with Gasteiger partial charge in [-0.2, -0.15) is 0 Å². The van der Waals surface area contributed by atoms with Crippen molar-refractivity contribution >= 4 is 28.8 Å². The summed E-state index contributed by atoms with van der Waals surface area (Å²) < 4.78 is 69.6. The molecule has 1 aliphatic rings. The maximum absolute atomic E-state index is 14.6. The minimum absolute atomic E-state index is 0.0587. The van der Waals surface area contributed by atoms with E-state index in [-0.39, 0.29) is 46.9 Å². The summed E-state index contributed by atoms with van der Waals surface area (Å²) in [5, 5.41) is 9.34. The van der Waals surface area contributed by atoms with Gasteiger partial charge in [-0.05, 0) is 55.7 Å². The van der Waals surface area contributed by atoms with E-state index >= 15 is 0 Å². The number of hydrogen-bond donors (Lipinski definition) is 2. The molecule has 9 nitrogen and oxygen atoms in total. The fourth-order valence-corrected chi connectivity index (χ4v) is 6.26. The van der Waals surface area contributed by atoms with E-state index in [1.165, 1.54) is 47.9 Å². The summed E-state index contributed by atoms with van der Waals surface area (Å²) in [6.07, 6.45) is 3.14. The van der Waals surface area contributed by atoms with Gasteiger partial charge in [-0.25, -0.2) is 17.6 Å². The lowest BCUT2D eigenvalue weighted by molar-refractivity contribution is -0.107. The van der Waals surface area contributed by atoms with Crippen molar-refractivity contribution in [1.29, 1.82) is 0 Å². The first-order chi connectivity index (χ1) is 21.4. The Labute approximate surface area is 261 Å². The Balaban J connectivity index is 0.000000418. The van der Waals surface area contributed by atoms with E-state index < -0.39 is 35.2 Å². The molecule has 0 saturated carbocycles. The largest absolute Gasteiger partial charge is 0.497 e. The molecule has 1 aliphatic heterocycles. The van der Waals surface area contributed by atoms with Crippen molar-refractivity contribution in [2.75, 3.05) is 44.0 Å². The molecule has 0 radical (unpaired) electrons. The first-order valence-corrected chi connectivity index (χ1v) is 15.4. The van der Waals surface area contributed by atoms with Crippen molar-refractivity contribution in [1.82, 2.24) is 9.88 Å². The number of aliphatic hydroxyl groups is 1. The lowest BCUT2D eigenvalue weighted by atomic mass is 9.94. The lowest BCUT2D eigenvalue weighted by Gasteiger charge is -2.26. The van der Waals surface area contributed by atoms with E-state index in [0.29, 0.717) is 41.9 Å². The second-order valence-corrected chi connectivity index (χ2v) is 11.5. The molecule has 1 saturated heterocycles. The number of amides is 2. The zero-order valence-electron chi connectivity index (χ0n) is 25.4. The van der Waals surface area contributed by atoms with Crippen LogP contribution in [0.15, 0.2) is 53.5 Å². The number of rotatable bonds is 9. The molecule has 1 aromatic heterocycles. The quantitative estimate of drug-likeness (QED) is 0.261. The number of aryl methyl sites for hydroxylation is 1. The summed E-state index contributed by atoms with van der Waals surface area (Å²) in [5.41, 5.74) is 0.701. The summed E-state index contributed by atoms with van der Waals surface area (Å²) >= 11 is 0. The second-order valence-electron chi connectivity index (χ2n) is 9.89. The summed E-state index contributed by atoms with van der Waals surface area (Å²) in [7, 11) is 1.89. The molecule has 0 aliphatic carbocycles. The van der Waals surface area contributed by atoms with Crippen molar-refractivity contribution in [2.24, 2.45) is 0 Å². The highest BCUT2D eigenvalue weighted by atomic mass is 32.2. The molecular formula is C31H37F4N3O6S. The van der Waals surface area contributed by atoms with E-state index in [1.807, 2.05) is 0 Å². The van der Waals surface area contributed by atoms with Gasteiger partial charge in [0, 0.05) is 77.3 Å². The minimum Gasteiger partial charge on any atom is -0.497 e. The third-order valence-corrected chi connectivity index (χ3v) is 8.55. The lowest BCUT2D eigenvalue weighted by Crippen LogP contribution is -2.36. The molecule has 0 bridgehead atoms. The van der Waals surface area contributed by atoms with Crippen LogP contribution in [-0.2, 0) is 15.6 Å². The van der Waals surface area contributed by atoms with Gasteiger partial charge < -0.3 is 24.6 Å². The van der Waals surface area contributed by atoms with E-state index in [4.69, 9.17) is 9.84 Å². The molecule has 2 N–H and O–H groups in total. The highest BCUT2D eigenvalue weighted by Gasteiger charge is 2.28. The Morgan fingerprint density at radius 2 is 1.80 bits per heavy atom. The van der Waals surface area contributed by atoms with Crippen LogP contribution in [-0.4, -0.2) is 65.3 Å². The normalized spacial score (nSPS) is 15.9. The molecule has 246 valence electrons. The number of aliphatic hydroxyl groups excluding tert-OH is 1. The van der Waals surface area contributed by atoms with Crippen LogP contribution in [0.3, 0.4) is 0 Å². The highest BCUT2D eigenvalue weighted by molar-refractivity contribution is 7.85. The third kappa shape index (κ3) is 9.98. The molecule has 2 aromatic carbocycles. The van der Waals surface area contributed by atoms with E-state index in [0.717, 1.165) is 12.1 Å². The Kier molecular flexibility index (Phi) is 14.9. The van der Waals surface area contributed by atoms with Crippen molar-refractivity contribution in [3.8, 4) is 5.75 Å². The van der Waals surface area contributed by atoms with Crippen LogP contribution in [0.1, 0.15) is 53.2 Å². The Hall–Kier alpha value is -4.04. The van der Waals surface area contributed by atoms with Gasteiger partial charge in [0.05, 0.1) is 7.11 Å². The molecule has 45 heavy (non-hydrogen) atoms. The number of nitrogens with one attached hydrogen (secondary N) is 1. The topological polar surface area (TPSA) is 118 Å². The smallest absolute Gasteiger partial charge is 0.275 e. The van der Waals surface area contributed by atoms with Gasteiger partial charge in [0.1, 0.15) is 28.9 Å². The summed E-state index contributed by atoms with van der Waals surface area (Å²) in [6, 6.07) is 9.13. The van der Waals surface area contributed by atoms with Crippen LogP contribution in [0.5, 0.6) is 5.75 Å². The van der Waals surface area contributed by atoms with Crippen molar-refractivity contribution < 1.29 is 41.2 Å². The van der Waals surface area contributed by atoms with Crippen LogP contribution >= 0.6 is 0 Å².